The van der Waals surface area contributed by atoms with E-state index in [1.807, 2.05) is 30.5 Å². The van der Waals surface area contributed by atoms with Gasteiger partial charge in [-0.25, -0.2) is 4.79 Å². The number of carboxylic acid groups (broad SMARTS) is 1. The molecule has 1 amide bonds. The fourth-order valence-electron chi connectivity index (χ4n) is 2.54. The molecule has 1 aromatic carbocycles. The lowest BCUT2D eigenvalue weighted by Crippen LogP contribution is -2.52. The number of para-hydroxylation sites is 1. The Bertz CT molecular complexity index is 705. The van der Waals surface area contributed by atoms with Crippen LogP contribution >= 0.6 is 0 Å². The van der Waals surface area contributed by atoms with Gasteiger partial charge in [-0.15, -0.1) is 0 Å². The van der Waals surface area contributed by atoms with Crippen molar-refractivity contribution in [3.63, 3.8) is 0 Å². The number of hydrogen-bond acceptors (Lipinski definition) is 2. The third kappa shape index (κ3) is 2.98. The lowest BCUT2D eigenvalue weighted by Gasteiger charge is -2.24. The average molecular weight is 302 g/mol. The van der Waals surface area contributed by atoms with Gasteiger partial charge in [-0.1, -0.05) is 25.1 Å². The minimum atomic E-state index is -1.22. The molecule has 2 N–H and O–H groups in total. The molecule has 5 heteroatoms. The number of carbonyl (C=O) groups excluding carboxylic acids is 1. The molecular weight excluding hydrogens is 280 g/mol. The van der Waals surface area contributed by atoms with E-state index in [-0.39, 0.29) is 12.3 Å². The van der Waals surface area contributed by atoms with Crippen molar-refractivity contribution in [2.75, 3.05) is 0 Å². The molecule has 0 bridgehead atoms. The second kappa shape index (κ2) is 6.22. The summed E-state index contributed by atoms with van der Waals surface area (Å²) in [6, 6.07) is 7.92. The summed E-state index contributed by atoms with van der Waals surface area (Å²) in [5, 5.41) is 12.9. The zero-order valence-electron chi connectivity index (χ0n) is 13.2. The number of aromatic nitrogens is 1. The highest BCUT2D eigenvalue weighted by molar-refractivity contribution is 5.92. The monoisotopic (exact) mass is 302 g/mol. The second-order valence-corrected chi connectivity index (χ2v) is 5.67. The normalized spacial score (nSPS) is 13.8. The zero-order chi connectivity index (χ0) is 16.3. The summed E-state index contributed by atoms with van der Waals surface area (Å²) in [5.41, 5.74) is 0.781. The van der Waals surface area contributed by atoms with Crippen LogP contribution in [0.5, 0.6) is 0 Å². The molecule has 0 saturated carbocycles. The van der Waals surface area contributed by atoms with Crippen LogP contribution < -0.4 is 5.32 Å². The largest absolute Gasteiger partial charge is 0.480 e. The number of aliphatic carboxylic acids is 1. The van der Waals surface area contributed by atoms with Gasteiger partial charge in [0.15, 0.2) is 0 Å². The molecule has 0 saturated heterocycles. The van der Waals surface area contributed by atoms with Crippen molar-refractivity contribution in [3.8, 4) is 0 Å². The van der Waals surface area contributed by atoms with Gasteiger partial charge in [0, 0.05) is 23.6 Å². The van der Waals surface area contributed by atoms with Crippen molar-refractivity contribution in [3.05, 3.63) is 36.0 Å². The van der Waals surface area contributed by atoms with Gasteiger partial charge in [-0.3, -0.25) is 4.79 Å². The Morgan fingerprint density at radius 2 is 1.95 bits per heavy atom. The molecule has 0 aliphatic rings. The van der Waals surface area contributed by atoms with Crippen molar-refractivity contribution in [1.82, 2.24) is 9.88 Å². The van der Waals surface area contributed by atoms with Crippen molar-refractivity contribution in [2.45, 2.75) is 45.7 Å². The van der Waals surface area contributed by atoms with Gasteiger partial charge in [0.1, 0.15) is 5.54 Å². The van der Waals surface area contributed by atoms with Gasteiger partial charge in [0.25, 0.3) is 0 Å². The Hall–Kier alpha value is -2.30. The Kier molecular flexibility index (Phi) is 4.54. The molecule has 1 unspecified atom stereocenters. The predicted molar refractivity (Wildman–Crippen MR) is 85.8 cm³/mol. The number of hydrogen-bond donors (Lipinski definition) is 2. The summed E-state index contributed by atoms with van der Waals surface area (Å²) >= 11 is 0. The van der Waals surface area contributed by atoms with Crippen LogP contribution in [-0.4, -0.2) is 27.1 Å². The Balaban J connectivity index is 2.24. The molecular formula is C17H22N2O3. The van der Waals surface area contributed by atoms with E-state index in [2.05, 4.69) is 16.8 Å². The first kappa shape index (κ1) is 16.1. The molecule has 2 aromatic rings. The van der Waals surface area contributed by atoms with Crippen LogP contribution in [-0.2, 0) is 22.6 Å². The summed E-state index contributed by atoms with van der Waals surface area (Å²) in [7, 11) is 0. The fraction of sp³-hybridized carbons (Fsp3) is 0.412. The van der Waals surface area contributed by atoms with Crippen molar-refractivity contribution in [2.24, 2.45) is 0 Å². The van der Waals surface area contributed by atoms with Gasteiger partial charge in [-0.05, 0) is 31.9 Å². The molecule has 0 radical (unpaired) electrons. The van der Waals surface area contributed by atoms with Gasteiger partial charge in [0.05, 0.1) is 6.42 Å². The first-order valence-corrected chi connectivity index (χ1v) is 7.52. The molecule has 0 fully saturated rings. The van der Waals surface area contributed by atoms with Crippen LogP contribution in [0.4, 0.5) is 0 Å². The molecule has 1 atom stereocenters. The third-order valence-corrected chi connectivity index (χ3v) is 4.16. The Labute approximate surface area is 129 Å². The quantitative estimate of drug-likeness (QED) is 0.861. The molecule has 0 aliphatic heterocycles. The smallest absolute Gasteiger partial charge is 0.329 e. The minimum Gasteiger partial charge on any atom is -0.480 e. The minimum absolute atomic E-state index is 0.177. The maximum absolute atomic E-state index is 12.2. The number of carbonyl (C=O) groups is 2. The number of rotatable bonds is 6. The third-order valence-electron chi connectivity index (χ3n) is 4.16. The second-order valence-electron chi connectivity index (χ2n) is 5.67. The summed E-state index contributed by atoms with van der Waals surface area (Å²) in [6.45, 7) is 6.15. The Morgan fingerprint density at radius 3 is 2.55 bits per heavy atom. The van der Waals surface area contributed by atoms with Gasteiger partial charge in [0.2, 0.25) is 5.91 Å². The summed E-state index contributed by atoms with van der Waals surface area (Å²) < 4.78 is 2.09. The molecule has 5 nitrogen and oxygen atoms in total. The molecule has 0 aliphatic carbocycles. The van der Waals surface area contributed by atoms with Crippen LogP contribution in [0.3, 0.4) is 0 Å². The van der Waals surface area contributed by atoms with E-state index in [1.54, 1.807) is 6.92 Å². The van der Waals surface area contributed by atoms with Crippen molar-refractivity contribution >= 4 is 22.8 Å². The molecule has 1 heterocycles. The van der Waals surface area contributed by atoms with Crippen LogP contribution in [0.25, 0.3) is 10.9 Å². The van der Waals surface area contributed by atoms with E-state index in [0.29, 0.717) is 6.42 Å². The maximum atomic E-state index is 12.2. The average Bonchev–Trinajstić information content (AvgIpc) is 2.85. The fourth-order valence-corrected chi connectivity index (χ4v) is 2.54. The van der Waals surface area contributed by atoms with Crippen LogP contribution in [0.15, 0.2) is 30.5 Å². The molecule has 0 spiro atoms. The first-order valence-electron chi connectivity index (χ1n) is 7.52. The SMILES string of the molecule is CCn1cc(CC(=O)NC(C)(CC)C(=O)O)c2ccccc21. The zero-order valence-corrected chi connectivity index (χ0v) is 13.2. The van der Waals surface area contributed by atoms with Crippen LogP contribution in [0, 0.1) is 0 Å². The number of fused-ring (bicyclic) bond motifs is 1. The summed E-state index contributed by atoms with van der Waals surface area (Å²) in [6.07, 6.45) is 2.48. The standard InChI is InChI=1S/C17H22N2O3/c1-4-17(3,16(21)22)18-15(20)10-12-11-19(5-2)14-9-7-6-8-13(12)14/h6-9,11H,4-5,10H2,1-3H3,(H,18,20)(H,21,22). The molecule has 2 rings (SSSR count). The van der Waals surface area contributed by atoms with E-state index in [9.17, 15) is 14.7 Å². The highest BCUT2D eigenvalue weighted by Gasteiger charge is 2.32. The highest BCUT2D eigenvalue weighted by atomic mass is 16.4. The number of nitrogens with one attached hydrogen (secondary N) is 1. The van der Waals surface area contributed by atoms with E-state index in [4.69, 9.17) is 0 Å². The molecule has 22 heavy (non-hydrogen) atoms. The number of carboxylic acids is 1. The predicted octanol–water partition coefficient (Wildman–Crippen LogP) is 2.57. The Morgan fingerprint density at radius 1 is 1.27 bits per heavy atom. The van der Waals surface area contributed by atoms with E-state index in [1.165, 1.54) is 6.92 Å². The van der Waals surface area contributed by atoms with Crippen LogP contribution in [0.2, 0.25) is 0 Å². The molecule has 118 valence electrons. The topological polar surface area (TPSA) is 71.3 Å². The van der Waals surface area contributed by atoms with E-state index < -0.39 is 11.5 Å². The van der Waals surface area contributed by atoms with Gasteiger partial charge < -0.3 is 15.0 Å². The summed E-state index contributed by atoms with van der Waals surface area (Å²) in [4.78, 5) is 23.5. The lowest BCUT2D eigenvalue weighted by molar-refractivity contribution is -0.146. The van der Waals surface area contributed by atoms with E-state index >= 15 is 0 Å². The van der Waals surface area contributed by atoms with Crippen molar-refractivity contribution < 1.29 is 14.7 Å². The molecule has 1 aromatic heterocycles. The number of amides is 1. The maximum Gasteiger partial charge on any atom is 0.329 e. The lowest BCUT2D eigenvalue weighted by atomic mass is 9.98. The number of benzene rings is 1. The highest BCUT2D eigenvalue weighted by Crippen LogP contribution is 2.22. The van der Waals surface area contributed by atoms with Gasteiger partial charge >= 0.3 is 5.97 Å². The van der Waals surface area contributed by atoms with Crippen molar-refractivity contribution in [1.29, 1.82) is 0 Å². The number of nitrogens with zero attached hydrogens (tertiary/aromatic N) is 1. The van der Waals surface area contributed by atoms with Crippen LogP contribution in [0.1, 0.15) is 32.8 Å². The first-order chi connectivity index (χ1) is 10.4. The van der Waals surface area contributed by atoms with E-state index in [0.717, 1.165) is 23.0 Å². The van der Waals surface area contributed by atoms with Gasteiger partial charge in [-0.2, -0.15) is 0 Å². The number of aryl methyl sites for hydroxylation is 1. The summed E-state index contributed by atoms with van der Waals surface area (Å²) in [5.74, 6) is -1.29.